The highest BCUT2D eigenvalue weighted by Crippen LogP contribution is 2.23. The lowest BCUT2D eigenvalue weighted by molar-refractivity contribution is 0.295. The Balaban J connectivity index is 2.28. The van der Waals surface area contributed by atoms with E-state index in [9.17, 15) is 4.39 Å². The number of halogens is 1. The van der Waals surface area contributed by atoms with Crippen molar-refractivity contribution in [3.05, 3.63) is 35.6 Å². The Hall–Kier alpha value is -1.62. The van der Waals surface area contributed by atoms with E-state index in [4.69, 9.17) is 10.9 Å². The van der Waals surface area contributed by atoms with Crippen molar-refractivity contribution in [3.8, 4) is 0 Å². The van der Waals surface area contributed by atoms with E-state index in [2.05, 4.69) is 17.1 Å². The number of nitrogens with two attached hydrogens (primary N) is 1. The molecule has 0 unspecified atom stereocenters. The summed E-state index contributed by atoms with van der Waals surface area (Å²) in [4.78, 5) is 2.21. The molecule has 0 atom stereocenters. The fourth-order valence-electron chi connectivity index (χ4n) is 2.19. The van der Waals surface area contributed by atoms with Crippen LogP contribution in [0.3, 0.4) is 0 Å². The summed E-state index contributed by atoms with van der Waals surface area (Å²) in [5.41, 5.74) is 6.50. The van der Waals surface area contributed by atoms with Crippen molar-refractivity contribution in [1.82, 2.24) is 4.90 Å². The second-order valence-corrected chi connectivity index (χ2v) is 6.19. The van der Waals surface area contributed by atoms with Crippen molar-refractivity contribution in [3.63, 3.8) is 0 Å². The Bertz CT molecular complexity index is 457. The number of rotatable bonds is 8. The van der Waals surface area contributed by atoms with Crippen molar-refractivity contribution < 1.29 is 9.60 Å². The summed E-state index contributed by atoms with van der Waals surface area (Å²) in [5.74, 6) is 0.0777. The fraction of sp³-hybridized carbons (Fsp3) is 0.562. The van der Waals surface area contributed by atoms with Gasteiger partial charge < -0.3 is 15.8 Å². The van der Waals surface area contributed by atoms with Crippen LogP contribution in [0.25, 0.3) is 0 Å². The monoisotopic (exact) mass is 295 g/mol. The number of amidine groups is 1. The molecule has 5 heteroatoms. The molecule has 0 amide bonds. The molecule has 3 N–H and O–H groups in total. The SMILES string of the molecule is CN(CCCCC(C)(C)/C(N)=N/O)Cc1ccc(F)cc1. The number of oxime groups is 1. The van der Waals surface area contributed by atoms with Crippen LogP contribution in [0, 0.1) is 11.2 Å². The van der Waals surface area contributed by atoms with Crippen LogP contribution in [0.1, 0.15) is 38.7 Å². The van der Waals surface area contributed by atoms with Gasteiger partial charge in [0.25, 0.3) is 0 Å². The Kier molecular flexibility index (Phi) is 6.62. The van der Waals surface area contributed by atoms with Crippen molar-refractivity contribution in [1.29, 1.82) is 0 Å². The van der Waals surface area contributed by atoms with Gasteiger partial charge in [0.05, 0.1) is 0 Å². The second-order valence-electron chi connectivity index (χ2n) is 6.19. The zero-order valence-corrected chi connectivity index (χ0v) is 13.1. The predicted octanol–water partition coefficient (Wildman–Crippen LogP) is 3.20. The number of hydrogen-bond donors (Lipinski definition) is 2. The molecule has 4 nitrogen and oxygen atoms in total. The van der Waals surface area contributed by atoms with Crippen molar-refractivity contribution in [2.75, 3.05) is 13.6 Å². The molecule has 0 saturated carbocycles. The third-order valence-corrected chi connectivity index (χ3v) is 3.76. The van der Waals surface area contributed by atoms with E-state index in [1.54, 1.807) is 0 Å². The Morgan fingerprint density at radius 3 is 2.48 bits per heavy atom. The molecule has 118 valence electrons. The van der Waals surface area contributed by atoms with Crippen LogP contribution in [0.5, 0.6) is 0 Å². The van der Waals surface area contributed by atoms with Gasteiger partial charge in [-0.2, -0.15) is 0 Å². The van der Waals surface area contributed by atoms with Gasteiger partial charge >= 0.3 is 0 Å². The summed E-state index contributed by atoms with van der Waals surface area (Å²) >= 11 is 0. The first-order chi connectivity index (χ1) is 9.85. The van der Waals surface area contributed by atoms with E-state index in [-0.39, 0.29) is 17.1 Å². The van der Waals surface area contributed by atoms with Gasteiger partial charge in [0.15, 0.2) is 0 Å². The van der Waals surface area contributed by atoms with E-state index < -0.39 is 0 Å². The maximum absolute atomic E-state index is 12.8. The average molecular weight is 295 g/mol. The molecule has 0 aliphatic rings. The van der Waals surface area contributed by atoms with E-state index in [0.29, 0.717) is 0 Å². The summed E-state index contributed by atoms with van der Waals surface area (Å²) < 4.78 is 12.8. The molecule has 0 aromatic heterocycles. The molecule has 1 rings (SSSR count). The zero-order chi connectivity index (χ0) is 15.9. The molecule has 0 spiro atoms. The maximum Gasteiger partial charge on any atom is 0.144 e. The quantitative estimate of drug-likeness (QED) is 0.254. The topological polar surface area (TPSA) is 61.8 Å². The van der Waals surface area contributed by atoms with Crippen LogP contribution in [-0.2, 0) is 6.54 Å². The first-order valence-corrected chi connectivity index (χ1v) is 7.26. The lowest BCUT2D eigenvalue weighted by Crippen LogP contribution is -2.32. The zero-order valence-electron chi connectivity index (χ0n) is 13.1. The van der Waals surface area contributed by atoms with Gasteiger partial charge in [-0.1, -0.05) is 37.6 Å². The lowest BCUT2D eigenvalue weighted by atomic mass is 9.86. The lowest BCUT2D eigenvalue weighted by Gasteiger charge is -2.23. The minimum absolute atomic E-state index is 0.202. The van der Waals surface area contributed by atoms with Gasteiger partial charge in [-0.15, -0.1) is 0 Å². The normalized spacial score (nSPS) is 12.9. The van der Waals surface area contributed by atoms with Gasteiger partial charge in [-0.05, 0) is 44.1 Å². The molecular weight excluding hydrogens is 269 g/mol. The number of benzene rings is 1. The number of unbranched alkanes of at least 4 members (excludes halogenated alkanes) is 1. The fourth-order valence-corrected chi connectivity index (χ4v) is 2.19. The van der Waals surface area contributed by atoms with E-state index in [0.717, 1.165) is 37.9 Å². The van der Waals surface area contributed by atoms with Crippen molar-refractivity contribution in [2.45, 2.75) is 39.7 Å². The van der Waals surface area contributed by atoms with Gasteiger partial charge in [-0.3, -0.25) is 0 Å². The molecule has 0 aliphatic carbocycles. The average Bonchev–Trinajstić information content (AvgIpc) is 2.45. The van der Waals surface area contributed by atoms with Crippen LogP contribution < -0.4 is 5.73 Å². The number of nitrogens with zero attached hydrogens (tertiary/aromatic N) is 2. The van der Waals surface area contributed by atoms with Crippen molar-refractivity contribution in [2.24, 2.45) is 16.3 Å². The molecular formula is C16H26FN3O. The van der Waals surface area contributed by atoms with Crippen LogP contribution in [-0.4, -0.2) is 29.5 Å². The minimum atomic E-state index is -0.274. The first kappa shape index (κ1) is 17.4. The molecule has 0 aliphatic heterocycles. The van der Waals surface area contributed by atoms with E-state index in [1.807, 2.05) is 26.0 Å². The second kappa shape index (κ2) is 7.98. The summed E-state index contributed by atoms with van der Waals surface area (Å²) in [6.07, 6.45) is 2.93. The van der Waals surface area contributed by atoms with Crippen molar-refractivity contribution >= 4 is 5.84 Å². The summed E-state index contributed by atoms with van der Waals surface area (Å²) in [5, 5.41) is 11.8. The molecule has 0 saturated heterocycles. The number of hydrogen-bond acceptors (Lipinski definition) is 3. The van der Waals surface area contributed by atoms with E-state index in [1.165, 1.54) is 12.1 Å². The van der Waals surface area contributed by atoms with Gasteiger partial charge in [0, 0.05) is 12.0 Å². The van der Waals surface area contributed by atoms with Crippen LogP contribution in [0.4, 0.5) is 4.39 Å². The van der Waals surface area contributed by atoms with Gasteiger partial charge in [0.1, 0.15) is 11.7 Å². The van der Waals surface area contributed by atoms with Crippen LogP contribution in [0.2, 0.25) is 0 Å². The smallest absolute Gasteiger partial charge is 0.144 e. The largest absolute Gasteiger partial charge is 0.409 e. The van der Waals surface area contributed by atoms with Gasteiger partial charge in [-0.25, -0.2) is 4.39 Å². The summed E-state index contributed by atoms with van der Waals surface area (Å²) in [6, 6.07) is 6.60. The third kappa shape index (κ3) is 6.12. The van der Waals surface area contributed by atoms with Gasteiger partial charge in [0.2, 0.25) is 0 Å². The molecule has 0 heterocycles. The Morgan fingerprint density at radius 1 is 1.29 bits per heavy atom. The predicted molar refractivity (Wildman–Crippen MR) is 83.8 cm³/mol. The summed E-state index contributed by atoms with van der Waals surface area (Å²) in [6.45, 7) is 5.72. The maximum atomic E-state index is 12.8. The van der Waals surface area contributed by atoms with Crippen LogP contribution in [0.15, 0.2) is 29.4 Å². The molecule has 0 bridgehead atoms. The highest BCUT2D eigenvalue weighted by Gasteiger charge is 2.22. The molecule has 1 aromatic carbocycles. The first-order valence-electron chi connectivity index (χ1n) is 7.26. The highest BCUT2D eigenvalue weighted by atomic mass is 19.1. The molecule has 0 fully saturated rings. The molecule has 1 aromatic rings. The summed E-state index contributed by atoms with van der Waals surface area (Å²) in [7, 11) is 2.05. The Morgan fingerprint density at radius 2 is 1.90 bits per heavy atom. The standard InChI is InChI=1S/C16H26FN3O/c1-16(2,15(18)19-21)10-4-5-11-20(3)12-13-6-8-14(17)9-7-13/h6-9,21H,4-5,10-12H2,1-3H3,(H2,18,19). The minimum Gasteiger partial charge on any atom is -0.409 e. The molecule has 21 heavy (non-hydrogen) atoms. The Labute approximate surface area is 126 Å². The van der Waals surface area contributed by atoms with E-state index >= 15 is 0 Å². The third-order valence-electron chi connectivity index (χ3n) is 3.76. The van der Waals surface area contributed by atoms with Crippen LogP contribution >= 0.6 is 0 Å². The highest BCUT2D eigenvalue weighted by molar-refractivity contribution is 5.85. The molecule has 0 radical (unpaired) electrons.